The molecule has 2 rings (SSSR count). The van der Waals surface area contributed by atoms with E-state index in [-0.39, 0.29) is 10.9 Å². The molecule has 1 atom stereocenters. The monoisotopic (exact) mass is 335 g/mol. The summed E-state index contributed by atoms with van der Waals surface area (Å²) in [4.78, 5) is -0.539. The summed E-state index contributed by atoms with van der Waals surface area (Å²) in [6.07, 6.45) is 3.37. The summed E-state index contributed by atoms with van der Waals surface area (Å²) in [7, 11) is -8.48. The molecule has 0 radical (unpaired) electrons. The number of nitrogens with zero attached hydrogens (tertiary/aromatic N) is 1. The summed E-state index contributed by atoms with van der Waals surface area (Å²) in [5, 5.41) is 0. The van der Waals surface area contributed by atoms with Crippen molar-refractivity contribution in [2.45, 2.75) is 48.4 Å². The second-order valence-electron chi connectivity index (χ2n) is 5.08. The smallest absolute Gasteiger partial charge is 0.207 e. The summed E-state index contributed by atoms with van der Waals surface area (Å²) in [5.41, 5.74) is 0. The van der Waals surface area contributed by atoms with Crippen molar-refractivity contribution >= 4 is 20.2 Å². The van der Waals surface area contributed by atoms with E-state index < -0.39 is 25.1 Å². The van der Waals surface area contributed by atoms with Crippen LogP contribution in [-0.4, -0.2) is 33.7 Å². The van der Waals surface area contributed by atoms with Gasteiger partial charge >= 0.3 is 10.2 Å². The molecule has 1 unspecified atom stereocenters. The van der Waals surface area contributed by atoms with Gasteiger partial charge in [-0.05, 0) is 43.5 Å². The van der Waals surface area contributed by atoms with Crippen molar-refractivity contribution in [1.82, 2.24) is 4.31 Å². The zero-order valence-electron chi connectivity index (χ0n) is 11.7. The van der Waals surface area contributed by atoms with Crippen LogP contribution in [0.1, 0.15) is 32.6 Å². The second-order valence-corrected chi connectivity index (χ2v) is 8.32. The molecule has 0 N–H and O–H groups in total. The van der Waals surface area contributed by atoms with Crippen LogP contribution < -0.4 is 0 Å². The molecule has 118 valence electrons. The molecule has 8 heteroatoms. The molecule has 1 aliphatic rings. The average Bonchev–Trinajstić information content (AvgIpc) is 2.46. The Hall–Kier alpha value is -0.990. The minimum absolute atomic E-state index is 0.00440. The van der Waals surface area contributed by atoms with E-state index in [1.807, 2.05) is 6.92 Å². The van der Waals surface area contributed by atoms with E-state index in [0.717, 1.165) is 49.9 Å². The third kappa shape index (κ3) is 3.44. The number of hydrogen-bond donors (Lipinski definition) is 0. The Balaban J connectivity index is 2.35. The van der Waals surface area contributed by atoms with Gasteiger partial charge < -0.3 is 0 Å². The number of halogens is 1. The van der Waals surface area contributed by atoms with Gasteiger partial charge in [-0.25, -0.2) is 8.42 Å². The van der Waals surface area contributed by atoms with Gasteiger partial charge in [-0.1, -0.05) is 13.3 Å². The van der Waals surface area contributed by atoms with E-state index >= 15 is 0 Å². The molecule has 1 aliphatic heterocycles. The first-order valence-electron chi connectivity index (χ1n) is 6.83. The average molecular weight is 335 g/mol. The predicted molar refractivity (Wildman–Crippen MR) is 76.6 cm³/mol. The predicted octanol–water partition coefficient (Wildman–Crippen LogP) is 2.30. The lowest BCUT2D eigenvalue weighted by atomic mass is 10.0. The van der Waals surface area contributed by atoms with Crippen molar-refractivity contribution in [3.8, 4) is 0 Å². The summed E-state index contributed by atoms with van der Waals surface area (Å²) in [5.74, 6) is 0. The molecule has 1 aromatic rings. The molecule has 5 nitrogen and oxygen atoms in total. The van der Waals surface area contributed by atoms with E-state index in [1.54, 1.807) is 0 Å². The Bertz CT molecular complexity index is 698. The Morgan fingerprint density at radius 2 is 1.67 bits per heavy atom. The van der Waals surface area contributed by atoms with E-state index in [4.69, 9.17) is 0 Å². The van der Waals surface area contributed by atoms with Crippen molar-refractivity contribution in [1.29, 1.82) is 0 Å². The number of rotatable bonds is 4. The summed E-state index contributed by atoms with van der Waals surface area (Å²) >= 11 is 0. The Labute approximate surface area is 125 Å². The standard InChI is InChI=1S/C13H18FNO4S2/c1-2-11-5-3-4-10-15(11)21(18,19)13-8-6-12(7-9-13)20(14,16)17/h6-9,11H,2-5,10H2,1H3. The molecule has 1 fully saturated rings. The zero-order chi connectivity index (χ0) is 15.7. The molecule has 21 heavy (non-hydrogen) atoms. The summed E-state index contributed by atoms with van der Waals surface area (Å²) < 4.78 is 61.0. The highest BCUT2D eigenvalue weighted by Crippen LogP contribution is 2.27. The fourth-order valence-electron chi connectivity index (χ4n) is 2.61. The van der Waals surface area contributed by atoms with Crippen molar-refractivity contribution in [3.05, 3.63) is 24.3 Å². The van der Waals surface area contributed by atoms with Gasteiger partial charge in [-0.2, -0.15) is 12.7 Å². The van der Waals surface area contributed by atoms with Crippen LogP contribution in [-0.2, 0) is 20.2 Å². The fourth-order valence-corrected chi connectivity index (χ4v) is 4.84. The number of piperidine rings is 1. The van der Waals surface area contributed by atoms with E-state index in [0.29, 0.717) is 6.54 Å². The van der Waals surface area contributed by atoms with E-state index in [9.17, 15) is 20.7 Å². The largest absolute Gasteiger partial charge is 0.332 e. The highest BCUT2D eigenvalue weighted by atomic mass is 32.3. The molecule has 0 bridgehead atoms. The summed E-state index contributed by atoms with van der Waals surface area (Å²) in [6.45, 7) is 2.40. The fraction of sp³-hybridized carbons (Fsp3) is 0.538. The van der Waals surface area contributed by atoms with Crippen molar-refractivity contribution in [2.75, 3.05) is 6.54 Å². The van der Waals surface area contributed by atoms with Gasteiger partial charge in [0, 0.05) is 12.6 Å². The van der Waals surface area contributed by atoms with Crippen molar-refractivity contribution in [2.24, 2.45) is 0 Å². The number of hydrogen-bond acceptors (Lipinski definition) is 4. The van der Waals surface area contributed by atoms with Crippen LogP contribution in [0, 0.1) is 0 Å². The molecular formula is C13H18FNO4S2. The molecule has 0 amide bonds. The molecule has 1 saturated heterocycles. The van der Waals surface area contributed by atoms with Crippen LogP contribution in [0.15, 0.2) is 34.1 Å². The first kappa shape index (κ1) is 16.4. The van der Waals surface area contributed by atoms with Crippen LogP contribution in [0.2, 0.25) is 0 Å². The van der Waals surface area contributed by atoms with Gasteiger partial charge in [-0.3, -0.25) is 0 Å². The van der Waals surface area contributed by atoms with Crippen LogP contribution in [0.5, 0.6) is 0 Å². The maximum Gasteiger partial charge on any atom is 0.332 e. The maximum absolute atomic E-state index is 12.8. The first-order valence-corrected chi connectivity index (χ1v) is 9.65. The zero-order valence-corrected chi connectivity index (χ0v) is 13.3. The third-order valence-electron chi connectivity index (χ3n) is 3.76. The molecular weight excluding hydrogens is 317 g/mol. The maximum atomic E-state index is 12.8. The van der Waals surface area contributed by atoms with Crippen molar-refractivity contribution < 1.29 is 20.7 Å². The molecule has 1 aromatic carbocycles. The van der Waals surface area contributed by atoms with Crippen LogP contribution in [0.3, 0.4) is 0 Å². The normalized spacial score (nSPS) is 21.3. The van der Waals surface area contributed by atoms with Gasteiger partial charge in [0.1, 0.15) is 0 Å². The van der Waals surface area contributed by atoms with Gasteiger partial charge in [-0.15, -0.1) is 3.89 Å². The lowest BCUT2D eigenvalue weighted by Crippen LogP contribution is -2.43. The van der Waals surface area contributed by atoms with Crippen LogP contribution in [0.25, 0.3) is 0 Å². The highest BCUT2D eigenvalue weighted by molar-refractivity contribution is 7.89. The van der Waals surface area contributed by atoms with Gasteiger partial charge in [0.25, 0.3) is 0 Å². The lowest BCUT2D eigenvalue weighted by molar-refractivity contribution is 0.246. The Morgan fingerprint density at radius 3 is 2.19 bits per heavy atom. The van der Waals surface area contributed by atoms with Gasteiger partial charge in [0.05, 0.1) is 9.79 Å². The second kappa shape index (κ2) is 6.02. The minimum Gasteiger partial charge on any atom is -0.207 e. The molecule has 0 spiro atoms. The van der Waals surface area contributed by atoms with Crippen LogP contribution >= 0.6 is 0 Å². The topological polar surface area (TPSA) is 71.5 Å². The lowest BCUT2D eigenvalue weighted by Gasteiger charge is -2.34. The highest BCUT2D eigenvalue weighted by Gasteiger charge is 2.32. The summed E-state index contributed by atoms with van der Waals surface area (Å²) in [6, 6.07) is 4.21. The van der Waals surface area contributed by atoms with Crippen LogP contribution in [0.4, 0.5) is 3.89 Å². The third-order valence-corrected chi connectivity index (χ3v) is 6.56. The first-order chi connectivity index (χ1) is 9.76. The van der Waals surface area contributed by atoms with Gasteiger partial charge in [0.15, 0.2) is 0 Å². The minimum atomic E-state index is -4.81. The van der Waals surface area contributed by atoms with E-state index in [2.05, 4.69) is 0 Å². The molecule has 0 aliphatic carbocycles. The number of sulfonamides is 1. The SMILES string of the molecule is CCC1CCCCN1S(=O)(=O)c1ccc(S(=O)(=O)F)cc1. The Kier molecular flexibility index (Phi) is 4.69. The van der Waals surface area contributed by atoms with Gasteiger partial charge in [0.2, 0.25) is 10.0 Å². The quantitative estimate of drug-likeness (QED) is 0.792. The van der Waals surface area contributed by atoms with Crippen molar-refractivity contribution in [3.63, 3.8) is 0 Å². The van der Waals surface area contributed by atoms with E-state index in [1.165, 1.54) is 4.31 Å². The number of benzene rings is 1. The molecule has 1 heterocycles. The Morgan fingerprint density at radius 1 is 1.10 bits per heavy atom. The molecule has 0 saturated carbocycles. The molecule has 0 aromatic heterocycles.